The van der Waals surface area contributed by atoms with Gasteiger partial charge in [-0.1, -0.05) is 6.07 Å². The fourth-order valence-electron chi connectivity index (χ4n) is 2.02. The minimum absolute atomic E-state index is 0.245. The van der Waals surface area contributed by atoms with Gasteiger partial charge in [-0.15, -0.1) is 0 Å². The lowest BCUT2D eigenvalue weighted by Gasteiger charge is -2.13. The van der Waals surface area contributed by atoms with Crippen LogP contribution < -0.4 is 10.6 Å². The standard InChI is InChI=1S/C16H24F4N4/c1-4-21-15(22-8-7-16(18,19)20)23-10-12-5-6-14(17)13(9-12)11-24(2)3/h5-6,9H,4,7-8,10-11H2,1-3H3,(H2,21,22,23). The second-order valence-corrected chi connectivity index (χ2v) is 5.65. The van der Waals surface area contributed by atoms with Gasteiger partial charge in [0, 0.05) is 25.2 Å². The van der Waals surface area contributed by atoms with Crippen LogP contribution in [0.1, 0.15) is 24.5 Å². The summed E-state index contributed by atoms with van der Waals surface area (Å²) in [6.07, 6.45) is -5.14. The minimum Gasteiger partial charge on any atom is -0.357 e. The van der Waals surface area contributed by atoms with Crippen molar-refractivity contribution in [2.24, 2.45) is 4.99 Å². The third kappa shape index (κ3) is 8.14. The quantitative estimate of drug-likeness (QED) is 0.452. The molecule has 0 aliphatic carbocycles. The van der Waals surface area contributed by atoms with E-state index in [2.05, 4.69) is 15.6 Å². The summed E-state index contributed by atoms with van der Waals surface area (Å²) in [4.78, 5) is 6.10. The summed E-state index contributed by atoms with van der Waals surface area (Å²) in [6.45, 7) is 2.83. The smallest absolute Gasteiger partial charge is 0.357 e. The van der Waals surface area contributed by atoms with Crippen molar-refractivity contribution in [2.45, 2.75) is 32.6 Å². The van der Waals surface area contributed by atoms with Crippen LogP contribution in [0.4, 0.5) is 17.6 Å². The highest BCUT2D eigenvalue weighted by molar-refractivity contribution is 5.79. The van der Waals surface area contributed by atoms with Crippen molar-refractivity contribution in [3.05, 3.63) is 35.1 Å². The Bertz CT molecular complexity index is 541. The number of nitrogens with zero attached hydrogens (tertiary/aromatic N) is 2. The molecule has 0 heterocycles. The molecule has 0 fully saturated rings. The van der Waals surface area contributed by atoms with Crippen LogP contribution in [0.2, 0.25) is 0 Å². The zero-order valence-corrected chi connectivity index (χ0v) is 14.2. The predicted molar refractivity (Wildman–Crippen MR) is 87.3 cm³/mol. The van der Waals surface area contributed by atoms with E-state index >= 15 is 0 Å². The van der Waals surface area contributed by atoms with Crippen LogP contribution in [0.15, 0.2) is 23.2 Å². The topological polar surface area (TPSA) is 39.7 Å². The van der Waals surface area contributed by atoms with E-state index in [-0.39, 0.29) is 18.9 Å². The zero-order valence-electron chi connectivity index (χ0n) is 14.2. The molecule has 0 saturated carbocycles. The molecule has 1 aromatic rings. The maximum Gasteiger partial charge on any atom is 0.390 e. The first-order valence-electron chi connectivity index (χ1n) is 7.72. The molecular weight excluding hydrogens is 324 g/mol. The molecule has 0 aliphatic rings. The molecular formula is C16H24F4N4. The van der Waals surface area contributed by atoms with Crippen molar-refractivity contribution in [1.82, 2.24) is 15.5 Å². The largest absolute Gasteiger partial charge is 0.390 e. The molecule has 0 atom stereocenters. The molecule has 0 saturated heterocycles. The average Bonchev–Trinajstić information content (AvgIpc) is 2.46. The highest BCUT2D eigenvalue weighted by atomic mass is 19.4. The first kappa shape index (κ1) is 20.2. The fraction of sp³-hybridized carbons (Fsp3) is 0.562. The van der Waals surface area contributed by atoms with Gasteiger partial charge in [-0.2, -0.15) is 13.2 Å². The van der Waals surface area contributed by atoms with Crippen LogP contribution in [-0.2, 0) is 13.1 Å². The molecule has 0 amide bonds. The molecule has 0 aromatic heterocycles. The molecule has 2 N–H and O–H groups in total. The normalized spacial score (nSPS) is 12.6. The number of hydrogen-bond donors (Lipinski definition) is 2. The highest BCUT2D eigenvalue weighted by Crippen LogP contribution is 2.18. The number of guanidine groups is 1. The Balaban J connectivity index is 2.71. The zero-order chi connectivity index (χ0) is 18.2. The van der Waals surface area contributed by atoms with Crippen LogP contribution in [0.25, 0.3) is 0 Å². The van der Waals surface area contributed by atoms with Gasteiger partial charge in [-0.25, -0.2) is 9.38 Å². The minimum atomic E-state index is -4.21. The third-order valence-electron chi connectivity index (χ3n) is 3.06. The summed E-state index contributed by atoms with van der Waals surface area (Å²) < 4.78 is 50.3. The Morgan fingerprint density at radius 3 is 2.50 bits per heavy atom. The average molecular weight is 348 g/mol. The number of halogens is 4. The summed E-state index contributed by atoms with van der Waals surface area (Å²) >= 11 is 0. The highest BCUT2D eigenvalue weighted by Gasteiger charge is 2.26. The van der Waals surface area contributed by atoms with Gasteiger partial charge >= 0.3 is 6.18 Å². The van der Waals surface area contributed by atoms with E-state index in [1.54, 1.807) is 12.1 Å². The Labute approximate surface area is 139 Å². The lowest BCUT2D eigenvalue weighted by atomic mass is 10.1. The van der Waals surface area contributed by atoms with Gasteiger partial charge in [0.2, 0.25) is 0 Å². The van der Waals surface area contributed by atoms with E-state index in [4.69, 9.17) is 0 Å². The van der Waals surface area contributed by atoms with Crippen molar-refractivity contribution < 1.29 is 17.6 Å². The third-order valence-corrected chi connectivity index (χ3v) is 3.06. The van der Waals surface area contributed by atoms with Gasteiger partial charge in [0.15, 0.2) is 5.96 Å². The molecule has 0 radical (unpaired) electrons. The molecule has 8 heteroatoms. The van der Waals surface area contributed by atoms with Gasteiger partial charge in [0.25, 0.3) is 0 Å². The summed E-state index contributed by atoms with van der Waals surface area (Å²) in [5, 5.41) is 5.53. The molecule has 0 aliphatic heterocycles. The molecule has 1 rings (SSSR count). The molecule has 136 valence electrons. The Kier molecular flexibility index (Phi) is 7.97. The van der Waals surface area contributed by atoms with Gasteiger partial charge in [0.1, 0.15) is 5.82 Å². The SMILES string of the molecule is CCNC(=NCc1ccc(F)c(CN(C)C)c1)NCCC(F)(F)F. The monoisotopic (exact) mass is 348 g/mol. The van der Waals surface area contributed by atoms with Crippen LogP contribution in [-0.4, -0.2) is 44.2 Å². The van der Waals surface area contributed by atoms with Crippen LogP contribution >= 0.6 is 0 Å². The van der Waals surface area contributed by atoms with E-state index in [1.807, 2.05) is 25.9 Å². The fourth-order valence-corrected chi connectivity index (χ4v) is 2.02. The van der Waals surface area contributed by atoms with Crippen molar-refractivity contribution in [2.75, 3.05) is 27.2 Å². The van der Waals surface area contributed by atoms with E-state index in [0.717, 1.165) is 5.56 Å². The molecule has 4 nitrogen and oxygen atoms in total. The van der Waals surface area contributed by atoms with Crippen LogP contribution in [0.3, 0.4) is 0 Å². The second-order valence-electron chi connectivity index (χ2n) is 5.65. The lowest BCUT2D eigenvalue weighted by molar-refractivity contribution is -0.132. The molecule has 0 unspecified atom stereocenters. The number of aliphatic imine (C=N–C) groups is 1. The molecule has 1 aromatic carbocycles. The number of alkyl halides is 3. The van der Waals surface area contributed by atoms with Crippen LogP contribution in [0, 0.1) is 5.82 Å². The van der Waals surface area contributed by atoms with Crippen molar-refractivity contribution in [3.63, 3.8) is 0 Å². The molecule has 24 heavy (non-hydrogen) atoms. The maximum atomic E-state index is 13.7. The van der Waals surface area contributed by atoms with Gasteiger partial charge < -0.3 is 15.5 Å². The van der Waals surface area contributed by atoms with E-state index in [1.165, 1.54) is 6.07 Å². The van der Waals surface area contributed by atoms with Gasteiger partial charge in [-0.3, -0.25) is 0 Å². The van der Waals surface area contributed by atoms with E-state index < -0.39 is 12.6 Å². The van der Waals surface area contributed by atoms with Crippen LogP contribution in [0.5, 0.6) is 0 Å². The van der Waals surface area contributed by atoms with Crippen molar-refractivity contribution in [1.29, 1.82) is 0 Å². The number of nitrogens with one attached hydrogen (secondary N) is 2. The second kappa shape index (κ2) is 9.46. The Hall–Kier alpha value is -1.83. The maximum absolute atomic E-state index is 13.7. The van der Waals surface area contributed by atoms with Crippen molar-refractivity contribution >= 4 is 5.96 Å². The summed E-state index contributed by atoms with van der Waals surface area (Å²) in [5.74, 6) is 0.0203. The summed E-state index contributed by atoms with van der Waals surface area (Å²) in [6, 6.07) is 4.73. The molecule has 0 bridgehead atoms. The van der Waals surface area contributed by atoms with E-state index in [0.29, 0.717) is 24.6 Å². The van der Waals surface area contributed by atoms with Gasteiger partial charge in [-0.05, 0) is 38.7 Å². The summed E-state index contributed by atoms with van der Waals surface area (Å²) in [5.41, 5.74) is 1.35. The van der Waals surface area contributed by atoms with E-state index in [9.17, 15) is 17.6 Å². The number of benzene rings is 1. The Morgan fingerprint density at radius 1 is 1.21 bits per heavy atom. The predicted octanol–water partition coefficient (Wildman–Crippen LogP) is 2.89. The van der Waals surface area contributed by atoms with Crippen molar-refractivity contribution in [3.8, 4) is 0 Å². The first-order chi connectivity index (χ1) is 11.2. The lowest BCUT2D eigenvalue weighted by Crippen LogP contribution is -2.38. The van der Waals surface area contributed by atoms with Gasteiger partial charge in [0.05, 0.1) is 13.0 Å². The first-order valence-corrected chi connectivity index (χ1v) is 7.72. The summed E-state index contributed by atoms with van der Waals surface area (Å²) in [7, 11) is 3.69. The molecule has 0 spiro atoms. The number of rotatable bonds is 7. The Morgan fingerprint density at radius 2 is 1.92 bits per heavy atom. The number of hydrogen-bond acceptors (Lipinski definition) is 2.